The normalized spacial score (nSPS) is 10.8. The highest BCUT2D eigenvalue weighted by Gasteiger charge is 2.11. The average molecular weight is 427 g/mol. The third-order valence-corrected chi connectivity index (χ3v) is 5.94. The van der Waals surface area contributed by atoms with Gasteiger partial charge in [0, 0.05) is 24.0 Å². The molecule has 0 atom stereocenters. The first-order valence-electron chi connectivity index (χ1n) is 11.9. The Kier molecular flexibility index (Phi) is 8.98. The molecular weight excluding hydrogens is 392 g/mol. The van der Waals surface area contributed by atoms with Crippen LogP contribution < -0.4 is 0 Å². The molecule has 0 N–H and O–H groups in total. The van der Waals surface area contributed by atoms with E-state index < -0.39 is 0 Å². The van der Waals surface area contributed by atoms with Crippen molar-refractivity contribution < 1.29 is 9.59 Å². The van der Waals surface area contributed by atoms with Gasteiger partial charge in [-0.05, 0) is 47.9 Å². The summed E-state index contributed by atoms with van der Waals surface area (Å²) in [5.74, 6) is 0.154. The molecule has 0 fully saturated rings. The number of hydrogen-bond acceptors (Lipinski definition) is 2. The Bertz CT molecular complexity index is 912. The lowest BCUT2D eigenvalue weighted by Crippen LogP contribution is -2.06. The van der Waals surface area contributed by atoms with Crippen molar-refractivity contribution in [3.8, 4) is 0 Å². The molecule has 0 unspecified atom stereocenters. The van der Waals surface area contributed by atoms with E-state index in [4.69, 9.17) is 0 Å². The molecule has 32 heavy (non-hydrogen) atoms. The molecule has 3 rings (SSSR count). The van der Waals surface area contributed by atoms with E-state index in [1.165, 1.54) is 36.8 Å². The summed E-state index contributed by atoms with van der Waals surface area (Å²) in [5, 5.41) is 0. The quantitative estimate of drug-likeness (QED) is 0.286. The molecule has 0 aliphatic rings. The van der Waals surface area contributed by atoms with Gasteiger partial charge in [0.05, 0.1) is 0 Å². The van der Waals surface area contributed by atoms with Gasteiger partial charge in [-0.15, -0.1) is 0 Å². The van der Waals surface area contributed by atoms with Crippen LogP contribution in [0.5, 0.6) is 0 Å². The van der Waals surface area contributed by atoms with Crippen LogP contribution in [0.2, 0.25) is 0 Å². The van der Waals surface area contributed by atoms with Crippen molar-refractivity contribution in [1.82, 2.24) is 0 Å². The fourth-order valence-corrected chi connectivity index (χ4v) is 3.83. The monoisotopic (exact) mass is 426 g/mol. The first-order chi connectivity index (χ1) is 15.6. The minimum absolute atomic E-state index is 0.0768. The van der Waals surface area contributed by atoms with Crippen LogP contribution in [0.4, 0.5) is 0 Å². The Morgan fingerprint density at radius 1 is 0.500 bits per heavy atom. The van der Waals surface area contributed by atoms with Crippen molar-refractivity contribution >= 4 is 11.6 Å². The van der Waals surface area contributed by atoms with Crippen molar-refractivity contribution in [2.45, 2.75) is 65.2 Å². The SMILES string of the molecule is CCCCc1ccc(CC(=O)c2ccc(C(=O)Cc3ccc(CCCC)cc3)cc2)cc1. The Morgan fingerprint density at radius 3 is 1.12 bits per heavy atom. The zero-order valence-electron chi connectivity index (χ0n) is 19.4. The number of carbonyl (C=O) groups is 2. The van der Waals surface area contributed by atoms with E-state index in [2.05, 4.69) is 38.1 Å². The van der Waals surface area contributed by atoms with Crippen LogP contribution in [0.3, 0.4) is 0 Å². The molecule has 0 heterocycles. The molecule has 0 saturated carbocycles. The second-order valence-electron chi connectivity index (χ2n) is 8.62. The van der Waals surface area contributed by atoms with Crippen molar-refractivity contribution in [3.05, 3.63) is 106 Å². The van der Waals surface area contributed by atoms with Gasteiger partial charge in [-0.3, -0.25) is 9.59 Å². The smallest absolute Gasteiger partial charge is 0.167 e. The maximum atomic E-state index is 12.7. The van der Waals surface area contributed by atoms with E-state index in [9.17, 15) is 9.59 Å². The Labute approximate surface area is 192 Å². The summed E-state index contributed by atoms with van der Waals surface area (Å²) >= 11 is 0. The fourth-order valence-electron chi connectivity index (χ4n) is 3.83. The Hall–Kier alpha value is -3.00. The second kappa shape index (κ2) is 12.1. The maximum Gasteiger partial charge on any atom is 0.167 e. The number of aryl methyl sites for hydroxylation is 2. The van der Waals surface area contributed by atoms with E-state index in [-0.39, 0.29) is 11.6 Å². The standard InChI is InChI=1S/C30H34O2/c1-3-5-7-23-9-13-25(14-10-23)21-29(31)27-17-19-28(20-18-27)30(32)22-26-15-11-24(12-16-26)8-6-4-2/h9-20H,3-8,21-22H2,1-2H3. The topological polar surface area (TPSA) is 34.1 Å². The zero-order valence-corrected chi connectivity index (χ0v) is 19.4. The molecule has 3 aromatic rings. The van der Waals surface area contributed by atoms with Crippen LogP contribution in [0.1, 0.15) is 82.5 Å². The van der Waals surface area contributed by atoms with Gasteiger partial charge in [0.15, 0.2) is 11.6 Å². The molecule has 0 radical (unpaired) electrons. The molecule has 166 valence electrons. The first-order valence-corrected chi connectivity index (χ1v) is 11.9. The lowest BCUT2D eigenvalue weighted by atomic mass is 9.97. The summed E-state index contributed by atoms with van der Waals surface area (Å²) < 4.78 is 0. The number of carbonyl (C=O) groups excluding carboxylic acids is 2. The molecular formula is C30H34O2. The highest BCUT2D eigenvalue weighted by atomic mass is 16.1. The van der Waals surface area contributed by atoms with Crippen molar-refractivity contribution in [2.24, 2.45) is 0 Å². The number of ketones is 2. The number of benzene rings is 3. The molecule has 0 saturated heterocycles. The summed E-state index contributed by atoms with van der Waals surface area (Å²) in [7, 11) is 0. The van der Waals surface area contributed by atoms with E-state index in [1.54, 1.807) is 24.3 Å². The number of Topliss-reactive ketones (excluding diaryl/α,β-unsaturated/α-hetero) is 2. The largest absolute Gasteiger partial charge is 0.294 e. The highest BCUT2D eigenvalue weighted by Crippen LogP contribution is 2.15. The summed E-state index contributed by atoms with van der Waals surface area (Å²) in [6.07, 6.45) is 7.68. The van der Waals surface area contributed by atoms with E-state index >= 15 is 0 Å². The predicted molar refractivity (Wildman–Crippen MR) is 133 cm³/mol. The average Bonchev–Trinajstić information content (AvgIpc) is 2.83. The zero-order chi connectivity index (χ0) is 22.8. The van der Waals surface area contributed by atoms with Crippen molar-refractivity contribution in [3.63, 3.8) is 0 Å². The van der Waals surface area contributed by atoms with Gasteiger partial charge >= 0.3 is 0 Å². The summed E-state index contributed by atoms with van der Waals surface area (Å²) in [5.41, 5.74) is 5.99. The van der Waals surface area contributed by atoms with Gasteiger partial charge in [0.25, 0.3) is 0 Å². The van der Waals surface area contributed by atoms with Crippen LogP contribution in [-0.2, 0) is 25.7 Å². The summed E-state index contributed by atoms with van der Waals surface area (Å²) in [4.78, 5) is 25.3. The van der Waals surface area contributed by atoms with Gasteiger partial charge in [0.2, 0.25) is 0 Å². The third kappa shape index (κ3) is 7.02. The number of rotatable bonds is 12. The van der Waals surface area contributed by atoms with E-state index in [1.807, 2.05) is 24.3 Å². The second-order valence-corrected chi connectivity index (χ2v) is 8.62. The Balaban J connectivity index is 1.55. The van der Waals surface area contributed by atoms with Gasteiger partial charge in [-0.25, -0.2) is 0 Å². The van der Waals surface area contributed by atoms with Gasteiger partial charge in [-0.2, -0.15) is 0 Å². The van der Waals surface area contributed by atoms with Crippen LogP contribution in [0.25, 0.3) is 0 Å². The lowest BCUT2D eigenvalue weighted by Gasteiger charge is -2.06. The minimum Gasteiger partial charge on any atom is -0.294 e. The van der Waals surface area contributed by atoms with Crippen molar-refractivity contribution in [2.75, 3.05) is 0 Å². The van der Waals surface area contributed by atoms with Crippen LogP contribution in [0, 0.1) is 0 Å². The summed E-state index contributed by atoms with van der Waals surface area (Å²) in [6.45, 7) is 4.38. The molecule has 2 heteroatoms. The van der Waals surface area contributed by atoms with Gasteiger partial charge < -0.3 is 0 Å². The molecule has 0 aliphatic heterocycles. The van der Waals surface area contributed by atoms with Gasteiger partial charge in [0.1, 0.15) is 0 Å². The number of unbranched alkanes of at least 4 members (excludes halogenated alkanes) is 2. The van der Waals surface area contributed by atoms with Gasteiger partial charge in [-0.1, -0.05) is 99.5 Å². The van der Waals surface area contributed by atoms with E-state index in [0.29, 0.717) is 24.0 Å². The van der Waals surface area contributed by atoms with Crippen LogP contribution in [0.15, 0.2) is 72.8 Å². The Morgan fingerprint density at radius 2 is 0.812 bits per heavy atom. The molecule has 3 aromatic carbocycles. The fraction of sp³-hybridized carbons (Fsp3) is 0.333. The maximum absolute atomic E-state index is 12.7. The summed E-state index contributed by atoms with van der Waals surface area (Å²) in [6, 6.07) is 23.8. The number of hydrogen-bond donors (Lipinski definition) is 0. The predicted octanol–water partition coefficient (Wildman–Crippen LogP) is 7.22. The third-order valence-electron chi connectivity index (χ3n) is 5.94. The van der Waals surface area contributed by atoms with Crippen molar-refractivity contribution in [1.29, 1.82) is 0 Å². The molecule has 0 bridgehead atoms. The molecule has 2 nitrogen and oxygen atoms in total. The minimum atomic E-state index is 0.0768. The molecule has 0 aliphatic carbocycles. The van der Waals surface area contributed by atoms with E-state index in [0.717, 1.165) is 24.0 Å². The molecule has 0 aromatic heterocycles. The molecule has 0 spiro atoms. The van der Waals surface area contributed by atoms with Crippen LogP contribution >= 0.6 is 0 Å². The first kappa shape index (κ1) is 23.7. The highest BCUT2D eigenvalue weighted by molar-refractivity contribution is 6.00. The lowest BCUT2D eigenvalue weighted by molar-refractivity contribution is 0.0981. The van der Waals surface area contributed by atoms with Crippen LogP contribution in [-0.4, -0.2) is 11.6 Å². The molecule has 0 amide bonds.